The zero-order chi connectivity index (χ0) is 13.7. The molecule has 2 aromatic rings. The molecule has 2 aromatic carbocycles. The number of nitrogens with one attached hydrogen (secondary N) is 1. The van der Waals surface area contributed by atoms with Crippen molar-refractivity contribution in [1.82, 2.24) is 0 Å². The van der Waals surface area contributed by atoms with Gasteiger partial charge in [0.15, 0.2) is 0 Å². The summed E-state index contributed by atoms with van der Waals surface area (Å²) in [4.78, 5) is 11.1. The quantitative estimate of drug-likeness (QED) is 0.786. The SMILES string of the molecule is CC(=O)Nc1ccc(Cl)cc1C#Cc1ccccc1. The Balaban J connectivity index is 2.36. The van der Waals surface area contributed by atoms with E-state index in [1.54, 1.807) is 18.2 Å². The molecule has 0 aliphatic rings. The van der Waals surface area contributed by atoms with Gasteiger partial charge in [0.25, 0.3) is 0 Å². The molecule has 2 nitrogen and oxygen atoms in total. The molecule has 1 amide bonds. The van der Waals surface area contributed by atoms with Crippen LogP contribution >= 0.6 is 11.6 Å². The van der Waals surface area contributed by atoms with Crippen molar-refractivity contribution >= 4 is 23.2 Å². The van der Waals surface area contributed by atoms with Crippen LogP contribution in [0.15, 0.2) is 48.5 Å². The molecule has 1 N–H and O–H groups in total. The van der Waals surface area contributed by atoms with E-state index in [4.69, 9.17) is 11.6 Å². The third-order valence-electron chi connectivity index (χ3n) is 2.41. The number of hydrogen-bond acceptors (Lipinski definition) is 1. The molecule has 0 saturated carbocycles. The molecule has 0 heterocycles. The van der Waals surface area contributed by atoms with Crippen LogP contribution in [0.3, 0.4) is 0 Å². The number of anilines is 1. The van der Waals surface area contributed by atoms with E-state index in [0.29, 0.717) is 16.3 Å². The molecule has 0 spiro atoms. The molecule has 0 saturated heterocycles. The molecule has 0 aliphatic heterocycles. The van der Waals surface area contributed by atoms with Gasteiger partial charge in [-0.15, -0.1) is 0 Å². The van der Waals surface area contributed by atoms with Crippen LogP contribution < -0.4 is 5.32 Å². The molecule has 0 aromatic heterocycles. The Labute approximate surface area is 117 Å². The molecule has 94 valence electrons. The Morgan fingerprint density at radius 2 is 1.84 bits per heavy atom. The van der Waals surface area contributed by atoms with Crippen molar-refractivity contribution < 1.29 is 4.79 Å². The second-order valence-electron chi connectivity index (χ2n) is 3.99. The Morgan fingerprint density at radius 3 is 2.53 bits per heavy atom. The van der Waals surface area contributed by atoms with Crippen molar-refractivity contribution in [3.8, 4) is 11.8 Å². The van der Waals surface area contributed by atoms with Crippen LogP contribution in [-0.2, 0) is 4.79 Å². The Bertz CT molecular complexity index is 653. The predicted octanol–water partition coefficient (Wildman–Crippen LogP) is 3.70. The van der Waals surface area contributed by atoms with Gasteiger partial charge in [-0.25, -0.2) is 0 Å². The van der Waals surface area contributed by atoms with E-state index in [1.807, 2.05) is 30.3 Å². The molecule has 0 atom stereocenters. The Morgan fingerprint density at radius 1 is 1.11 bits per heavy atom. The minimum atomic E-state index is -0.134. The smallest absolute Gasteiger partial charge is 0.221 e. The fraction of sp³-hybridized carbons (Fsp3) is 0.0625. The fourth-order valence-electron chi connectivity index (χ4n) is 1.58. The van der Waals surface area contributed by atoms with E-state index in [0.717, 1.165) is 5.56 Å². The number of carbonyl (C=O) groups excluding carboxylic acids is 1. The lowest BCUT2D eigenvalue weighted by Gasteiger charge is -2.05. The van der Waals surface area contributed by atoms with Crippen molar-refractivity contribution in [2.24, 2.45) is 0 Å². The van der Waals surface area contributed by atoms with Gasteiger partial charge < -0.3 is 5.32 Å². The van der Waals surface area contributed by atoms with Gasteiger partial charge in [0.05, 0.1) is 5.69 Å². The number of hydrogen-bond donors (Lipinski definition) is 1. The number of halogens is 1. The normalized spacial score (nSPS) is 9.37. The first-order valence-electron chi connectivity index (χ1n) is 5.79. The van der Waals surface area contributed by atoms with Crippen LogP contribution in [0.25, 0.3) is 0 Å². The summed E-state index contributed by atoms with van der Waals surface area (Å²) >= 11 is 5.95. The molecule has 2 rings (SSSR count). The summed E-state index contributed by atoms with van der Waals surface area (Å²) in [5.74, 6) is 5.93. The third-order valence-corrected chi connectivity index (χ3v) is 2.64. The summed E-state index contributed by atoms with van der Waals surface area (Å²) < 4.78 is 0. The maximum atomic E-state index is 11.1. The molecule has 0 unspecified atom stereocenters. The second kappa shape index (κ2) is 6.08. The zero-order valence-corrected chi connectivity index (χ0v) is 11.2. The minimum absolute atomic E-state index is 0.134. The predicted molar refractivity (Wildman–Crippen MR) is 78.2 cm³/mol. The van der Waals surface area contributed by atoms with Crippen molar-refractivity contribution in [2.45, 2.75) is 6.92 Å². The second-order valence-corrected chi connectivity index (χ2v) is 4.42. The van der Waals surface area contributed by atoms with Gasteiger partial charge in [-0.2, -0.15) is 0 Å². The molecule has 19 heavy (non-hydrogen) atoms. The summed E-state index contributed by atoms with van der Waals surface area (Å²) in [6.07, 6.45) is 0. The number of benzene rings is 2. The van der Waals surface area contributed by atoms with E-state index in [9.17, 15) is 4.79 Å². The van der Waals surface area contributed by atoms with E-state index >= 15 is 0 Å². The topological polar surface area (TPSA) is 29.1 Å². The summed E-state index contributed by atoms with van der Waals surface area (Å²) in [5.41, 5.74) is 2.28. The average molecular weight is 270 g/mol. The first-order chi connectivity index (χ1) is 9.15. The van der Waals surface area contributed by atoms with E-state index in [-0.39, 0.29) is 5.91 Å². The van der Waals surface area contributed by atoms with Gasteiger partial charge in [-0.05, 0) is 30.3 Å². The number of rotatable bonds is 1. The zero-order valence-electron chi connectivity index (χ0n) is 10.4. The molecular formula is C16H12ClNO. The highest BCUT2D eigenvalue weighted by Crippen LogP contribution is 2.20. The van der Waals surface area contributed by atoms with E-state index in [1.165, 1.54) is 6.92 Å². The summed E-state index contributed by atoms with van der Waals surface area (Å²) in [7, 11) is 0. The maximum absolute atomic E-state index is 11.1. The molecule has 0 fully saturated rings. The van der Waals surface area contributed by atoms with Gasteiger partial charge in [0.2, 0.25) is 5.91 Å². The first-order valence-corrected chi connectivity index (χ1v) is 6.17. The summed E-state index contributed by atoms with van der Waals surface area (Å²) in [6.45, 7) is 1.46. The van der Waals surface area contributed by atoms with Gasteiger partial charge >= 0.3 is 0 Å². The van der Waals surface area contributed by atoms with E-state index < -0.39 is 0 Å². The fourth-order valence-corrected chi connectivity index (χ4v) is 1.75. The number of amides is 1. The average Bonchev–Trinajstić information content (AvgIpc) is 2.40. The summed E-state index contributed by atoms with van der Waals surface area (Å²) in [6, 6.07) is 14.9. The van der Waals surface area contributed by atoms with Gasteiger partial charge in [-0.1, -0.05) is 41.6 Å². The highest BCUT2D eigenvalue weighted by atomic mass is 35.5. The largest absolute Gasteiger partial charge is 0.325 e. The van der Waals surface area contributed by atoms with Crippen molar-refractivity contribution in [1.29, 1.82) is 0 Å². The van der Waals surface area contributed by atoms with Crippen molar-refractivity contribution in [3.05, 3.63) is 64.7 Å². The van der Waals surface area contributed by atoms with Crippen LogP contribution in [0.5, 0.6) is 0 Å². The third kappa shape index (κ3) is 3.87. The maximum Gasteiger partial charge on any atom is 0.221 e. The highest BCUT2D eigenvalue weighted by Gasteiger charge is 2.02. The highest BCUT2D eigenvalue weighted by molar-refractivity contribution is 6.30. The molecular weight excluding hydrogens is 258 g/mol. The van der Waals surface area contributed by atoms with Crippen LogP contribution in [0.2, 0.25) is 5.02 Å². The summed E-state index contributed by atoms with van der Waals surface area (Å²) in [5, 5.41) is 3.33. The lowest BCUT2D eigenvalue weighted by Crippen LogP contribution is -2.07. The molecule has 0 bridgehead atoms. The van der Waals surface area contributed by atoms with Gasteiger partial charge in [-0.3, -0.25) is 4.79 Å². The Hall–Kier alpha value is -2.24. The molecule has 0 aliphatic carbocycles. The molecule has 3 heteroatoms. The minimum Gasteiger partial charge on any atom is -0.325 e. The standard InChI is InChI=1S/C16H12ClNO/c1-12(19)18-16-10-9-15(17)11-14(16)8-7-13-5-3-2-4-6-13/h2-6,9-11H,1H3,(H,18,19). The van der Waals surface area contributed by atoms with E-state index in [2.05, 4.69) is 17.2 Å². The van der Waals surface area contributed by atoms with Gasteiger partial charge in [0.1, 0.15) is 0 Å². The monoisotopic (exact) mass is 269 g/mol. The Kier molecular flexibility index (Phi) is 4.22. The first kappa shape index (κ1) is 13.2. The van der Waals surface area contributed by atoms with Crippen molar-refractivity contribution in [2.75, 3.05) is 5.32 Å². The van der Waals surface area contributed by atoms with Crippen LogP contribution in [0.1, 0.15) is 18.1 Å². The lowest BCUT2D eigenvalue weighted by molar-refractivity contribution is -0.114. The molecule has 0 radical (unpaired) electrons. The van der Waals surface area contributed by atoms with Gasteiger partial charge in [0, 0.05) is 23.1 Å². The lowest BCUT2D eigenvalue weighted by atomic mass is 10.1. The number of carbonyl (C=O) groups is 1. The van der Waals surface area contributed by atoms with Crippen LogP contribution in [0, 0.1) is 11.8 Å². The van der Waals surface area contributed by atoms with Crippen LogP contribution in [0.4, 0.5) is 5.69 Å². The van der Waals surface area contributed by atoms with Crippen molar-refractivity contribution in [3.63, 3.8) is 0 Å². The van der Waals surface area contributed by atoms with Crippen LogP contribution in [-0.4, -0.2) is 5.91 Å².